The van der Waals surface area contributed by atoms with E-state index in [1.54, 1.807) is 12.1 Å². The smallest absolute Gasteiger partial charge is 0.0991 e. The molecule has 1 N–H and O–H groups in total. The number of rotatable bonds is 3. The molecule has 0 aromatic heterocycles. The largest absolute Gasteiger partial charge is 0.392 e. The molecule has 0 radical (unpaired) electrons. The molecular weight excluding hydrogens is 236 g/mol. The van der Waals surface area contributed by atoms with Crippen molar-refractivity contribution in [2.24, 2.45) is 0 Å². The van der Waals surface area contributed by atoms with Gasteiger partial charge < -0.3 is 10.0 Å². The second kappa shape index (κ2) is 5.55. The molecule has 0 bridgehead atoms. The van der Waals surface area contributed by atoms with E-state index in [-0.39, 0.29) is 6.61 Å². The number of nitriles is 1. The highest BCUT2D eigenvalue weighted by molar-refractivity contribution is 5.66. The third-order valence-electron chi connectivity index (χ3n) is 3.15. The topological polar surface area (TPSA) is 47.3 Å². The molecule has 0 heterocycles. The van der Waals surface area contributed by atoms with Crippen LogP contribution in [0.5, 0.6) is 0 Å². The van der Waals surface area contributed by atoms with Gasteiger partial charge in [0.15, 0.2) is 0 Å². The summed E-state index contributed by atoms with van der Waals surface area (Å²) in [6.45, 7) is 2.02. The third-order valence-corrected chi connectivity index (χ3v) is 3.15. The molecule has 96 valence electrons. The molecule has 0 fully saturated rings. The third kappa shape index (κ3) is 2.75. The Balaban J connectivity index is 2.38. The maximum absolute atomic E-state index is 9.45. The molecule has 2 aromatic rings. The normalized spacial score (nSPS) is 10.0. The molecule has 2 aromatic carbocycles. The van der Waals surface area contributed by atoms with Gasteiger partial charge in [0.05, 0.1) is 18.2 Å². The Morgan fingerprint density at radius 1 is 1.16 bits per heavy atom. The van der Waals surface area contributed by atoms with Crippen molar-refractivity contribution in [2.45, 2.75) is 13.5 Å². The highest BCUT2D eigenvalue weighted by Gasteiger charge is 2.09. The van der Waals surface area contributed by atoms with Crippen LogP contribution in [-0.2, 0) is 6.61 Å². The Labute approximate surface area is 113 Å². The average molecular weight is 252 g/mol. The van der Waals surface area contributed by atoms with Crippen molar-refractivity contribution in [1.29, 1.82) is 5.26 Å². The molecule has 0 spiro atoms. The lowest BCUT2D eigenvalue weighted by Crippen LogP contribution is -2.12. The monoisotopic (exact) mass is 252 g/mol. The summed E-state index contributed by atoms with van der Waals surface area (Å²) in [5.74, 6) is 0. The van der Waals surface area contributed by atoms with Crippen LogP contribution in [-0.4, -0.2) is 12.2 Å². The minimum atomic E-state index is 0.0115. The van der Waals surface area contributed by atoms with E-state index >= 15 is 0 Å². The minimum Gasteiger partial charge on any atom is -0.392 e. The van der Waals surface area contributed by atoms with E-state index in [9.17, 15) is 5.11 Å². The van der Waals surface area contributed by atoms with Gasteiger partial charge in [0, 0.05) is 24.0 Å². The Morgan fingerprint density at radius 3 is 2.42 bits per heavy atom. The zero-order valence-corrected chi connectivity index (χ0v) is 11.1. The SMILES string of the molecule is Cc1ccc(N(C)c2ccc(C#N)cc2)c(CO)c1. The highest BCUT2D eigenvalue weighted by Crippen LogP contribution is 2.28. The first-order valence-electron chi connectivity index (χ1n) is 6.10. The second-order valence-electron chi connectivity index (χ2n) is 4.51. The van der Waals surface area contributed by atoms with Gasteiger partial charge in [-0.15, -0.1) is 0 Å². The van der Waals surface area contributed by atoms with Gasteiger partial charge in [0.25, 0.3) is 0 Å². The van der Waals surface area contributed by atoms with Gasteiger partial charge in [0.1, 0.15) is 0 Å². The fourth-order valence-electron chi connectivity index (χ4n) is 2.07. The van der Waals surface area contributed by atoms with Crippen molar-refractivity contribution < 1.29 is 5.11 Å². The lowest BCUT2D eigenvalue weighted by molar-refractivity contribution is 0.282. The van der Waals surface area contributed by atoms with Crippen LogP contribution in [0, 0.1) is 18.3 Å². The molecule has 0 unspecified atom stereocenters. The van der Waals surface area contributed by atoms with E-state index in [0.717, 1.165) is 22.5 Å². The van der Waals surface area contributed by atoms with Crippen LogP contribution in [0.15, 0.2) is 42.5 Å². The molecule has 0 aliphatic heterocycles. The van der Waals surface area contributed by atoms with Crippen LogP contribution in [0.4, 0.5) is 11.4 Å². The number of nitrogens with zero attached hydrogens (tertiary/aromatic N) is 2. The fourth-order valence-corrected chi connectivity index (χ4v) is 2.07. The summed E-state index contributed by atoms with van der Waals surface area (Å²) in [5.41, 5.74) is 4.62. The van der Waals surface area contributed by atoms with Crippen LogP contribution >= 0.6 is 0 Å². The molecule has 0 aliphatic carbocycles. The van der Waals surface area contributed by atoms with E-state index in [0.29, 0.717) is 5.56 Å². The predicted molar refractivity (Wildman–Crippen MR) is 76.3 cm³/mol. The zero-order chi connectivity index (χ0) is 13.8. The van der Waals surface area contributed by atoms with E-state index < -0.39 is 0 Å². The standard InChI is InChI=1S/C16H16N2O/c1-12-3-8-16(14(9-12)11-19)18(2)15-6-4-13(10-17)5-7-15/h3-9,19H,11H2,1-2H3. The maximum atomic E-state index is 9.45. The van der Waals surface area contributed by atoms with Crippen LogP contribution in [0.2, 0.25) is 0 Å². The van der Waals surface area contributed by atoms with E-state index in [1.807, 2.05) is 49.2 Å². The summed E-state index contributed by atoms with van der Waals surface area (Å²) in [4.78, 5) is 2.01. The Bertz CT molecular complexity index is 612. The van der Waals surface area contributed by atoms with Crippen LogP contribution in [0.3, 0.4) is 0 Å². The molecule has 0 saturated carbocycles. The summed E-state index contributed by atoms with van der Waals surface area (Å²) >= 11 is 0. The number of benzene rings is 2. The number of anilines is 2. The summed E-state index contributed by atoms with van der Waals surface area (Å²) in [7, 11) is 1.95. The van der Waals surface area contributed by atoms with Crippen molar-refractivity contribution in [2.75, 3.05) is 11.9 Å². The summed E-state index contributed by atoms with van der Waals surface area (Å²) in [5, 5.41) is 18.3. The molecule has 19 heavy (non-hydrogen) atoms. The molecule has 0 atom stereocenters. The van der Waals surface area contributed by atoms with Gasteiger partial charge in [-0.2, -0.15) is 5.26 Å². The lowest BCUT2D eigenvalue weighted by Gasteiger charge is -2.22. The van der Waals surface area contributed by atoms with Crippen molar-refractivity contribution in [1.82, 2.24) is 0 Å². The molecule has 0 saturated heterocycles. The molecule has 0 aliphatic rings. The lowest BCUT2D eigenvalue weighted by atomic mass is 10.1. The second-order valence-corrected chi connectivity index (χ2v) is 4.51. The van der Waals surface area contributed by atoms with E-state index in [4.69, 9.17) is 5.26 Å². The van der Waals surface area contributed by atoms with Crippen molar-refractivity contribution in [3.05, 3.63) is 59.2 Å². The average Bonchev–Trinajstić information content (AvgIpc) is 2.46. The number of aliphatic hydroxyl groups is 1. The fraction of sp³-hybridized carbons (Fsp3) is 0.188. The maximum Gasteiger partial charge on any atom is 0.0991 e. The molecule has 2 rings (SSSR count). The van der Waals surface area contributed by atoms with Gasteiger partial charge in [-0.25, -0.2) is 0 Å². The molecule has 3 heteroatoms. The highest BCUT2D eigenvalue weighted by atomic mass is 16.3. The van der Waals surface area contributed by atoms with Gasteiger partial charge in [0.2, 0.25) is 0 Å². The van der Waals surface area contributed by atoms with Crippen LogP contribution in [0.1, 0.15) is 16.7 Å². The van der Waals surface area contributed by atoms with E-state index in [2.05, 4.69) is 6.07 Å². The van der Waals surface area contributed by atoms with Crippen LogP contribution < -0.4 is 4.90 Å². The quantitative estimate of drug-likeness (QED) is 0.913. The van der Waals surface area contributed by atoms with Crippen molar-refractivity contribution in [3.8, 4) is 6.07 Å². The minimum absolute atomic E-state index is 0.0115. The molecule has 0 amide bonds. The van der Waals surface area contributed by atoms with Gasteiger partial charge >= 0.3 is 0 Å². The van der Waals surface area contributed by atoms with Gasteiger partial charge in [-0.3, -0.25) is 0 Å². The number of hydrogen-bond acceptors (Lipinski definition) is 3. The summed E-state index contributed by atoms with van der Waals surface area (Å²) < 4.78 is 0. The predicted octanol–water partition coefficient (Wildman–Crippen LogP) is 3.13. The summed E-state index contributed by atoms with van der Waals surface area (Å²) in [6.07, 6.45) is 0. The Morgan fingerprint density at radius 2 is 1.84 bits per heavy atom. The number of hydrogen-bond donors (Lipinski definition) is 1. The van der Waals surface area contributed by atoms with Crippen LogP contribution in [0.25, 0.3) is 0 Å². The first-order valence-corrected chi connectivity index (χ1v) is 6.10. The Hall–Kier alpha value is -2.31. The summed E-state index contributed by atoms with van der Waals surface area (Å²) in [6, 6.07) is 15.5. The van der Waals surface area contributed by atoms with E-state index in [1.165, 1.54) is 0 Å². The van der Waals surface area contributed by atoms with Gasteiger partial charge in [-0.1, -0.05) is 17.7 Å². The number of aryl methyl sites for hydroxylation is 1. The molecule has 3 nitrogen and oxygen atoms in total. The van der Waals surface area contributed by atoms with Crippen molar-refractivity contribution >= 4 is 11.4 Å². The first kappa shape index (κ1) is 13.1. The van der Waals surface area contributed by atoms with Gasteiger partial charge in [-0.05, 0) is 37.3 Å². The Kier molecular flexibility index (Phi) is 3.84. The molecular formula is C16H16N2O. The van der Waals surface area contributed by atoms with Crippen molar-refractivity contribution in [3.63, 3.8) is 0 Å². The number of aliphatic hydroxyl groups excluding tert-OH is 1. The first-order chi connectivity index (χ1) is 9.15. The zero-order valence-electron chi connectivity index (χ0n) is 11.1.